The maximum atomic E-state index is 11.8. The summed E-state index contributed by atoms with van der Waals surface area (Å²) in [6.45, 7) is 4.29. The molecule has 0 atom stereocenters. The zero-order valence-corrected chi connectivity index (χ0v) is 35.0. The number of carboxylic acid groups (broad SMARTS) is 1. The van der Waals surface area contributed by atoms with Crippen molar-refractivity contribution in [2.45, 2.75) is 13.8 Å². The van der Waals surface area contributed by atoms with Crippen LogP contribution in [0.3, 0.4) is 0 Å². The Kier molecular flexibility index (Phi) is 17.0. The summed E-state index contributed by atoms with van der Waals surface area (Å²) in [5.41, 5.74) is 7.50. The van der Waals surface area contributed by atoms with Gasteiger partial charge in [0.2, 0.25) is 0 Å². The quantitative estimate of drug-likeness (QED) is 0.153. The second-order valence-electron chi connectivity index (χ2n) is 11.0. The van der Waals surface area contributed by atoms with Crippen molar-refractivity contribution in [3.63, 3.8) is 0 Å². The fourth-order valence-electron chi connectivity index (χ4n) is 4.88. The molecule has 0 bridgehead atoms. The van der Waals surface area contributed by atoms with E-state index < -0.39 is 5.97 Å². The van der Waals surface area contributed by atoms with Gasteiger partial charge in [-0.25, -0.2) is 38.7 Å². The van der Waals surface area contributed by atoms with Crippen LogP contribution in [0.15, 0.2) is 113 Å². The first-order chi connectivity index (χ1) is 27.3. The molecule has 0 spiro atoms. The molecule has 9 aromatic rings. The Balaban J connectivity index is 0.000000176. The fourth-order valence-corrected chi connectivity index (χ4v) is 7.40. The standard InChI is InChI=1S/C13H11N3O2S.C11H7N3O2S.C7H6N2.C6H6BrNO2S.Li.H2O/c1-2-18-13(17)11-12(14-8-19-11)16-7-9-5-3-4-6-10(9)15-16;15-11(16)9-10(12-6-17-9)14-5-7-3-1-2-4-8(7)13-14;1-2-4-7-6(3-1)5-8-9-7;1-2-10-6(9)4-5(7)8-3-11-4;;/h3-8H,2H2,1H3;1-6H,(H,15,16);1-5H,(H,8,9);3H,2H2,1H3;;1H2/q;;;;+1;/p-1. The molecule has 0 aliphatic rings. The van der Waals surface area contributed by atoms with Crippen molar-refractivity contribution < 1.29 is 53.3 Å². The summed E-state index contributed by atoms with van der Waals surface area (Å²) < 4.78 is 13.5. The second-order valence-corrected chi connectivity index (χ2v) is 14.3. The summed E-state index contributed by atoms with van der Waals surface area (Å²) in [4.78, 5) is 47.1. The number of ether oxygens (including phenoxy) is 2. The predicted molar refractivity (Wildman–Crippen MR) is 220 cm³/mol. The van der Waals surface area contributed by atoms with E-state index in [1.807, 2.05) is 85.2 Å². The van der Waals surface area contributed by atoms with Crippen LogP contribution in [0.5, 0.6) is 0 Å². The van der Waals surface area contributed by atoms with Gasteiger partial charge in [-0.05, 0) is 48.0 Å². The molecule has 6 aromatic heterocycles. The molecule has 21 heteroatoms. The maximum Gasteiger partial charge on any atom is 1.00 e. The number of rotatable bonds is 7. The van der Waals surface area contributed by atoms with Crippen molar-refractivity contribution in [3.8, 4) is 11.6 Å². The van der Waals surface area contributed by atoms with Crippen LogP contribution in [0, 0.1) is 0 Å². The number of hydrogen-bond donors (Lipinski definition) is 2. The average molecular weight is 897 g/mol. The first kappa shape index (κ1) is 45.1. The number of fused-ring (bicyclic) bond motifs is 3. The normalized spacial score (nSPS) is 10.1. The minimum atomic E-state index is -0.984. The van der Waals surface area contributed by atoms with Gasteiger partial charge in [0.25, 0.3) is 0 Å². The molecule has 0 radical (unpaired) electrons. The van der Waals surface area contributed by atoms with Crippen molar-refractivity contribution in [2.24, 2.45) is 0 Å². The van der Waals surface area contributed by atoms with Gasteiger partial charge < -0.3 is 20.1 Å². The van der Waals surface area contributed by atoms with E-state index in [1.54, 1.807) is 35.7 Å². The molecule has 3 aromatic carbocycles. The number of benzene rings is 3. The van der Waals surface area contributed by atoms with E-state index in [-0.39, 0.29) is 41.2 Å². The number of nitrogens with one attached hydrogen (secondary N) is 1. The summed E-state index contributed by atoms with van der Waals surface area (Å²) >= 11 is 6.75. The van der Waals surface area contributed by atoms with Crippen molar-refractivity contribution in [3.05, 3.63) is 127 Å². The SMILES string of the molecule is CCOC(=O)c1scnc1-n1cc2ccccc2n1.CCOC(=O)c1scnc1Br.O=C(O)c1scnc1-n1cc2ccccc2n1.[Li+].[OH-].c1ccc2[nH]ncc2c1. The predicted octanol–water partition coefficient (Wildman–Crippen LogP) is 5.31. The number of aromatic carboxylic acids is 1. The summed E-state index contributed by atoms with van der Waals surface area (Å²) in [6, 6.07) is 23.4. The van der Waals surface area contributed by atoms with Gasteiger partial charge >= 0.3 is 36.8 Å². The van der Waals surface area contributed by atoms with Crippen molar-refractivity contribution in [1.29, 1.82) is 0 Å². The molecule has 16 nitrogen and oxygen atoms in total. The molecule has 9 rings (SSSR count). The second kappa shape index (κ2) is 21.8. The summed E-state index contributed by atoms with van der Waals surface area (Å²) in [5.74, 6) is -0.790. The van der Waals surface area contributed by atoms with Crippen LogP contribution in [-0.2, 0) is 9.47 Å². The zero-order chi connectivity index (χ0) is 39.4. The molecule has 3 N–H and O–H groups in total. The molecule has 58 heavy (non-hydrogen) atoms. The molecular weight excluding hydrogens is 866 g/mol. The van der Waals surface area contributed by atoms with Gasteiger partial charge in [-0.3, -0.25) is 5.10 Å². The molecule has 0 aliphatic carbocycles. The van der Waals surface area contributed by atoms with Gasteiger partial charge in [-0.1, -0.05) is 54.6 Å². The molecule has 6 heterocycles. The third kappa shape index (κ3) is 11.1. The van der Waals surface area contributed by atoms with Crippen LogP contribution in [0.1, 0.15) is 42.9 Å². The Morgan fingerprint density at radius 2 is 1.16 bits per heavy atom. The smallest absolute Gasteiger partial charge is 0.870 e. The van der Waals surface area contributed by atoms with Crippen LogP contribution in [0.2, 0.25) is 0 Å². The summed E-state index contributed by atoms with van der Waals surface area (Å²) in [5, 5.41) is 27.6. The zero-order valence-electron chi connectivity index (χ0n) is 30.9. The summed E-state index contributed by atoms with van der Waals surface area (Å²) in [6.07, 6.45) is 5.44. The van der Waals surface area contributed by atoms with Crippen LogP contribution in [0.25, 0.3) is 44.3 Å². The van der Waals surface area contributed by atoms with Gasteiger partial charge in [0, 0.05) is 28.6 Å². The first-order valence-electron chi connectivity index (χ1n) is 16.6. The van der Waals surface area contributed by atoms with Crippen LogP contribution in [-0.4, -0.2) is 86.4 Å². The number of esters is 2. The number of nitrogens with zero attached hydrogens (tertiary/aromatic N) is 8. The Labute approximate surface area is 362 Å². The number of aromatic amines is 1. The molecule has 292 valence electrons. The maximum absolute atomic E-state index is 11.8. The van der Waals surface area contributed by atoms with Crippen molar-refractivity contribution in [1.82, 2.24) is 44.7 Å². The first-order valence-corrected chi connectivity index (χ1v) is 20.0. The number of aromatic nitrogens is 9. The summed E-state index contributed by atoms with van der Waals surface area (Å²) in [7, 11) is 0. The molecular formula is C37H31BrLiN9O7S3. The van der Waals surface area contributed by atoms with E-state index in [1.165, 1.54) is 32.9 Å². The third-order valence-electron chi connectivity index (χ3n) is 7.35. The van der Waals surface area contributed by atoms with E-state index in [4.69, 9.17) is 14.6 Å². The minimum Gasteiger partial charge on any atom is -0.870 e. The number of carbonyl (C=O) groups is 3. The molecule has 0 unspecified atom stereocenters. The Morgan fingerprint density at radius 3 is 1.66 bits per heavy atom. The largest absolute Gasteiger partial charge is 1.00 e. The van der Waals surface area contributed by atoms with Crippen LogP contribution < -0.4 is 18.9 Å². The molecule has 0 fully saturated rings. The van der Waals surface area contributed by atoms with Crippen LogP contribution in [0.4, 0.5) is 0 Å². The number of carbonyl (C=O) groups excluding carboxylic acids is 2. The topological polar surface area (TPSA) is 223 Å². The number of thiazole rings is 3. The number of para-hydroxylation sites is 1. The van der Waals surface area contributed by atoms with Crippen molar-refractivity contribution >= 4 is 101 Å². The number of halogens is 1. The van der Waals surface area contributed by atoms with E-state index in [0.29, 0.717) is 39.2 Å². The van der Waals surface area contributed by atoms with Gasteiger partial charge in [-0.15, -0.1) is 34.0 Å². The van der Waals surface area contributed by atoms with Crippen molar-refractivity contribution in [2.75, 3.05) is 13.2 Å². The fraction of sp³-hybridized carbons (Fsp3) is 0.108. The van der Waals surface area contributed by atoms with E-state index in [0.717, 1.165) is 44.0 Å². The Morgan fingerprint density at radius 1 is 0.690 bits per heavy atom. The van der Waals surface area contributed by atoms with Gasteiger partial charge in [0.1, 0.15) is 9.48 Å². The van der Waals surface area contributed by atoms with E-state index >= 15 is 0 Å². The Bertz CT molecular complexity index is 2630. The molecule has 0 amide bonds. The Hall–Kier alpha value is -5.59. The monoisotopic (exact) mass is 895 g/mol. The minimum absolute atomic E-state index is 0. The number of H-pyrrole nitrogens is 1. The van der Waals surface area contributed by atoms with E-state index in [9.17, 15) is 14.4 Å². The van der Waals surface area contributed by atoms with Gasteiger partial charge in [-0.2, -0.15) is 15.3 Å². The van der Waals surface area contributed by atoms with Crippen LogP contribution >= 0.6 is 49.9 Å². The number of carboxylic acids is 1. The molecule has 0 saturated carbocycles. The van der Waals surface area contributed by atoms with Gasteiger partial charge in [0.05, 0.1) is 52.5 Å². The molecule has 0 aliphatic heterocycles. The van der Waals surface area contributed by atoms with E-state index in [2.05, 4.69) is 51.3 Å². The average Bonchev–Trinajstić information content (AvgIpc) is 4.06. The van der Waals surface area contributed by atoms with Gasteiger partial charge in [0.15, 0.2) is 21.4 Å². The molecule has 0 saturated heterocycles. The number of hydrogen-bond acceptors (Lipinski definition) is 15. The third-order valence-corrected chi connectivity index (χ3v) is 10.6.